The van der Waals surface area contributed by atoms with Crippen LogP contribution in [0.4, 0.5) is 10.5 Å². The van der Waals surface area contributed by atoms with Crippen LogP contribution >= 0.6 is 0 Å². The first-order valence-electron chi connectivity index (χ1n) is 11.1. The van der Waals surface area contributed by atoms with Crippen LogP contribution in [0.3, 0.4) is 0 Å². The monoisotopic (exact) mass is 415 g/mol. The molecule has 30 heavy (non-hydrogen) atoms. The molecule has 0 aliphatic carbocycles. The topological polar surface area (TPSA) is 62.3 Å². The van der Waals surface area contributed by atoms with Gasteiger partial charge in [0.25, 0.3) is 0 Å². The van der Waals surface area contributed by atoms with Gasteiger partial charge in [-0.2, -0.15) is 0 Å². The molecule has 3 aliphatic rings. The van der Waals surface area contributed by atoms with E-state index < -0.39 is 5.41 Å². The third-order valence-corrected chi connectivity index (χ3v) is 7.02. The molecule has 0 unspecified atom stereocenters. The van der Waals surface area contributed by atoms with E-state index in [2.05, 4.69) is 41.0 Å². The molecular weight excluding hydrogens is 382 g/mol. The lowest BCUT2D eigenvalue weighted by Gasteiger charge is -2.36. The Balaban J connectivity index is 1.22. The number of carbonyl (C=O) groups excluding carboxylic acids is 2. The summed E-state index contributed by atoms with van der Waals surface area (Å²) in [6.45, 7) is 8.34. The Morgan fingerprint density at radius 1 is 1.10 bits per heavy atom. The van der Waals surface area contributed by atoms with Crippen LogP contribution in [0.2, 0.25) is 0 Å². The number of cyclic esters (lactones) is 1. The van der Waals surface area contributed by atoms with Gasteiger partial charge in [0.05, 0.1) is 12.5 Å². The van der Waals surface area contributed by atoms with Gasteiger partial charge in [-0.15, -0.1) is 0 Å². The number of amides is 1. The quantitative estimate of drug-likeness (QED) is 0.705. The number of nitrogens with zero attached hydrogens (tertiary/aromatic N) is 3. The summed E-state index contributed by atoms with van der Waals surface area (Å²) >= 11 is 0. The summed E-state index contributed by atoms with van der Waals surface area (Å²) in [6.07, 6.45) is 2.71. The Labute approximate surface area is 178 Å². The minimum absolute atomic E-state index is 0.00250. The van der Waals surface area contributed by atoms with Gasteiger partial charge in [0.2, 0.25) is 0 Å². The lowest BCUT2D eigenvalue weighted by atomic mass is 9.76. The lowest BCUT2D eigenvalue weighted by Crippen LogP contribution is -2.47. The van der Waals surface area contributed by atoms with E-state index >= 15 is 0 Å². The van der Waals surface area contributed by atoms with Gasteiger partial charge in [0.1, 0.15) is 6.10 Å². The molecule has 164 valence electrons. The number of benzene rings is 1. The van der Waals surface area contributed by atoms with Crippen molar-refractivity contribution >= 4 is 17.7 Å². The predicted octanol–water partition coefficient (Wildman–Crippen LogP) is 2.67. The summed E-state index contributed by atoms with van der Waals surface area (Å²) in [4.78, 5) is 30.9. The Bertz CT molecular complexity index is 750. The van der Waals surface area contributed by atoms with Crippen molar-refractivity contribution < 1.29 is 19.1 Å². The standard InChI is InChI=1S/C23H33N3O4/c1-18-3-5-19(6-4-18)25-15-13-24(14-16-25)10-7-20-17-23(21(27)30-20)8-11-26(12-9-23)22(28)29-2/h3-6,20H,7-17H2,1-2H3/t20-/m0/s1. The van der Waals surface area contributed by atoms with E-state index in [4.69, 9.17) is 9.47 Å². The molecule has 7 heteroatoms. The molecule has 3 saturated heterocycles. The number of anilines is 1. The maximum atomic E-state index is 12.6. The van der Waals surface area contributed by atoms with Gasteiger partial charge in [-0.1, -0.05) is 17.7 Å². The van der Waals surface area contributed by atoms with Crippen molar-refractivity contribution in [2.45, 2.75) is 38.7 Å². The Morgan fingerprint density at radius 3 is 2.40 bits per heavy atom. The minimum atomic E-state index is -0.403. The van der Waals surface area contributed by atoms with Crippen molar-refractivity contribution in [3.05, 3.63) is 29.8 Å². The third-order valence-electron chi connectivity index (χ3n) is 7.02. The second kappa shape index (κ2) is 8.84. The molecule has 4 rings (SSSR count). The van der Waals surface area contributed by atoms with Crippen LogP contribution in [0.5, 0.6) is 0 Å². The molecule has 3 heterocycles. The zero-order chi connectivity index (χ0) is 21.1. The molecule has 0 radical (unpaired) electrons. The van der Waals surface area contributed by atoms with E-state index in [1.807, 2.05) is 0 Å². The molecule has 1 spiro atoms. The summed E-state index contributed by atoms with van der Waals surface area (Å²) in [7, 11) is 1.40. The number of piperazine rings is 1. The van der Waals surface area contributed by atoms with Gasteiger partial charge in [-0.05, 0) is 38.3 Å². The van der Waals surface area contributed by atoms with Gasteiger partial charge < -0.3 is 19.3 Å². The molecule has 1 aromatic rings. The molecule has 0 aromatic heterocycles. The highest BCUT2D eigenvalue weighted by Crippen LogP contribution is 2.44. The van der Waals surface area contributed by atoms with Gasteiger partial charge in [-0.3, -0.25) is 9.69 Å². The van der Waals surface area contributed by atoms with Crippen LogP contribution < -0.4 is 4.90 Å². The van der Waals surface area contributed by atoms with E-state index in [1.54, 1.807) is 4.90 Å². The Hall–Kier alpha value is -2.28. The molecule has 1 atom stereocenters. The number of likely N-dealkylation sites (tertiary alicyclic amines) is 1. The summed E-state index contributed by atoms with van der Waals surface area (Å²) in [5.41, 5.74) is 2.18. The second-order valence-corrected chi connectivity index (χ2v) is 8.92. The van der Waals surface area contributed by atoms with Crippen molar-refractivity contribution in [2.75, 3.05) is 57.8 Å². The molecule has 3 aliphatic heterocycles. The average molecular weight is 416 g/mol. The zero-order valence-corrected chi connectivity index (χ0v) is 18.1. The number of esters is 1. The average Bonchev–Trinajstić information content (AvgIpc) is 3.08. The van der Waals surface area contributed by atoms with Crippen molar-refractivity contribution in [3.63, 3.8) is 0 Å². The van der Waals surface area contributed by atoms with Crippen LogP contribution in [0.25, 0.3) is 0 Å². The minimum Gasteiger partial charge on any atom is -0.462 e. The number of carbonyl (C=O) groups is 2. The molecule has 0 N–H and O–H groups in total. The number of hydrogen-bond acceptors (Lipinski definition) is 6. The molecule has 0 bridgehead atoms. The summed E-state index contributed by atoms with van der Waals surface area (Å²) in [5.74, 6) is -0.0683. The van der Waals surface area contributed by atoms with Crippen LogP contribution in [-0.4, -0.2) is 80.9 Å². The summed E-state index contributed by atoms with van der Waals surface area (Å²) < 4.78 is 10.6. The van der Waals surface area contributed by atoms with E-state index in [-0.39, 0.29) is 18.2 Å². The molecule has 7 nitrogen and oxygen atoms in total. The maximum Gasteiger partial charge on any atom is 0.409 e. The zero-order valence-electron chi connectivity index (χ0n) is 18.1. The lowest BCUT2D eigenvalue weighted by molar-refractivity contribution is -0.150. The van der Waals surface area contributed by atoms with Crippen molar-refractivity contribution in [3.8, 4) is 0 Å². The van der Waals surface area contributed by atoms with Crippen molar-refractivity contribution in [1.82, 2.24) is 9.80 Å². The molecule has 0 saturated carbocycles. The highest BCUT2D eigenvalue weighted by Gasteiger charge is 2.50. The van der Waals surface area contributed by atoms with Crippen LogP contribution in [0, 0.1) is 12.3 Å². The normalized spacial score (nSPS) is 24.2. The highest BCUT2D eigenvalue weighted by molar-refractivity contribution is 5.79. The molecule has 1 amide bonds. The largest absolute Gasteiger partial charge is 0.462 e. The summed E-state index contributed by atoms with van der Waals surface area (Å²) in [6, 6.07) is 8.74. The van der Waals surface area contributed by atoms with Gasteiger partial charge in [0.15, 0.2) is 0 Å². The third kappa shape index (κ3) is 4.41. The summed E-state index contributed by atoms with van der Waals surface area (Å²) in [5, 5.41) is 0. The molecular formula is C23H33N3O4. The number of ether oxygens (including phenoxy) is 2. The fourth-order valence-electron chi connectivity index (χ4n) is 4.96. The van der Waals surface area contributed by atoms with E-state index in [0.717, 1.165) is 45.6 Å². The van der Waals surface area contributed by atoms with Crippen LogP contribution in [-0.2, 0) is 14.3 Å². The molecule has 1 aromatic carbocycles. The number of aryl methyl sites for hydroxylation is 1. The SMILES string of the molecule is COC(=O)N1CCC2(CC1)C[C@H](CCN1CCN(c3ccc(C)cc3)CC1)OC2=O. The van der Waals surface area contributed by atoms with Crippen molar-refractivity contribution in [2.24, 2.45) is 5.41 Å². The first-order valence-corrected chi connectivity index (χ1v) is 11.1. The van der Waals surface area contributed by atoms with E-state index in [9.17, 15) is 9.59 Å². The number of rotatable bonds is 4. The Kier molecular flexibility index (Phi) is 6.18. The van der Waals surface area contributed by atoms with Crippen LogP contribution in [0.15, 0.2) is 24.3 Å². The predicted molar refractivity (Wildman–Crippen MR) is 115 cm³/mol. The highest BCUT2D eigenvalue weighted by atomic mass is 16.6. The molecule has 3 fully saturated rings. The maximum absolute atomic E-state index is 12.6. The van der Waals surface area contributed by atoms with Gasteiger partial charge in [-0.25, -0.2) is 4.79 Å². The number of methoxy groups -OCH3 is 1. The Morgan fingerprint density at radius 2 is 1.77 bits per heavy atom. The number of piperidine rings is 1. The van der Waals surface area contributed by atoms with Crippen LogP contribution in [0.1, 0.15) is 31.2 Å². The van der Waals surface area contributed by atoms with Crippen molar-refractivity contribution in [1.29, 1.82) is 0 Å². The fraction of sp³-hybridized carbons (Fsp3) is 0.652. The second-order valence-electron chi connectivity index (χ2n) is 8.92. The van der Waals surface area contributed by atoms with E-state index in [1.165, 1.54) is 18.4 Å². The number of hydrogen-bond donors (Lipinski definition) is 0. The van der Waals surface area contributed by atoms with Gasteiger partial charge >= 0.3 is 12.1 Å². The van der Waals surface area contributed by atoms with Gasteiger partial charge in [0, 0.05) is 57.9 Å². The fourth-order valence-corrected chi connectivity index (χ4v) is 4.96. The smallest absolute Gasteiger partial charge is 0.409 e. The first kappa shape index (κ1) is 21.0. The van der Waals surface area contributed by atoms with E-state index in [0.29, 0.717) is 25.9 Å². The first-order chi connectivity index (χ1) is 14.5.